The zero-order valence-electron chi connectivity index (χ0n) is 14.1. The predicted molar refractivity (Wildman–Crippen MR) is 86.5 cm³/mol. The summed E-state index contributed by atoms with van der Waals surface area (Å²) in [5.41, 5.74) is -0.439. The van der Waals surface area contributed by atoms with E-state index in [0.717, 1.165) is 32.5 Å². The molecule has 1 aliphatic heterocycles. The highest BCUT2D eigenvalue weighted by Gasteiger charge is 2.18. The normalized spacial score (nSPS) is 20.9. The minimum absolute atomic E-state index is 0.324. The van der Waals surface area contributed by atoms with Crippen LogP contribution in [0.3, 0.4) is 0 Å². The fourth-order valence-corrected chi connectivity index (χ4v) is 2.58. The first-order valence-corrected chi connectivity index (χ1v) is 8.31. The van der Waals surface area contributed by atoms with Gasteiger partial charge in [-0.2, -0.15) is 0 Å². The Hall–Kier alpha value is -0.810. The summed E-state index contributed by atoms with van der Waals surface area (Å²) in [7, 11) is 0. The number of rotatable bonds is 7. The van der Waals surface area contributed by atoms with Crippen molar-refractivity contribution >= 4 is 6.09 Å². The summed E-state index contributed by atoms with van der Waals surface area (Å²) >= 11 is 0. The average molecular weight is 299 g/mol. The lowest BCUT2D eigenvalue weighted by atomic mass is 9.99. The number of hydrogen-bond acceptors (Lipinski definition) is 4. The van der Waals surface area contributed by atoms with Gasteiger partial charge in [0, 0.05) is 12.6 Å². The number of nitrogens with one attached hydrogen (secondary N) is 3. The molecule has 2 unspecified atom stereocenters. The van der Waals surface area contributed by atoms with Crippen molar-refractivity contribution in [2.75, 3.05) is 26.2 Å². The van der Waals surface area contributed by atoms with E-state index in [1.165, 1.54) is 12.8 Å². The second-order valence-electron chi connectivity index (χ2n) is 6.99. The Balaban J connectivity index is 2.26. The van der Waals surface area contributed by atoms with Gasteiger partial charge < -0.3 is 20.7 Å². The van der Waals surface area contributed by atoms with Crippen LogP contribution < -0.4 is 16.0 Å². The molecule has 1 aliphatic rings. The Morgan fingerprint density at radius 3 is 2.76 bits per heavy atom. The van der Waals surface area contributed by atoms with Crippen molar-refractivity contribution in [1.29, 1.82) is 0 Å². The number of ether oxygens (including phenoxy) is 1. The van der Waals surface area contributed by atoms with Gasteiger partial charge in [-0.15, -0.1) is 0 Å². The highest BCUT2D eigenvalue weighted by molar-refractivity contribution is 5.67. The molecule has 21 heavy (non-hydrogen) atoms. The molecule has 1 saturated heterocycles. The number of carbonyl (C=O) groups is 1. The Kier molecular flexibility index (Phi) is 8.04. The summed E-state index contributed by atoms with van der Waals surface area (Å²) in [5, 5.41) is 9.91. The van der Waals surface area contributed by atoms with Gasteiger partial charge >= 0.3 is 6.09 Å². The van der Waals surface area contributed by atoms with Crippen molar-refractivity contribution in [2.24, 2.45) is 5.92 Å². The first kappa shape index (κ1) is 18.2. The van der Waals surface area contributed by atoms with Crippen molar-refractivity contribution < 1.29 is 9.53 Å². The molecule has 124 valence electrons. The van der Waals surface area contributed by atoms with Gasteiger partial charge in [0.25, 0.3) is 0 Å². The quantitative estimate of drug-likeness (QED) is 0.675. The van der Waals surface area contributed by atoms with E-state index < -0.39 is 5.60 Å². The summed E-state index contributed by atoms with van der Waals surface area (Å²) in [5.74, 6) is 0.708. The predicted octanol–water partition coefficient (Wildman–Crippen LogP) is 2.27. The van der Waals surface area contributed by atoms with Crippen molar-refractivity contribution in [2.45, 2.75) is 65.0 Å². The highest BCUT2D eigenvalue weighted by atomic mass is 16.6. The van der Waals surface area contributed by atoms with E-state index in [1.54, 1.807) is 0 Å². The van der Waals surface area contributed by atoms with Crippen LogP contribution >= 0.6 is 0 Å². The SMILES string of the molecule is CCCC(CNC(=O)OC(C)(C)C)NCC1CCCNC1. The minimum atomic E-state index is -0.439. The van der Waals surface area contributed by atoms with Crippen LogP contribution in [-0.4, -0.2) is 43.9 Å². The van der Waals surface area contributed by atoms with Crippen molar-refractivity contribution in [1.82, 2.24) is 16.0 Å². The number of amides is 1. The first-order chi connectivity index (χ1) is 9.90. The molecule has 0 bridgehead atoms. The van der Waals surface area contributed by atoms with Crippen LogP contribution in [0.15, 0.2) is 0 Å². The number of alkyl carbamates (subject to hydrolysis) is 1. The van der Waals surface area contributed by atoms with Gasteiger partial charge in [-0.25, -0.2) is 4.79 Å². The maximum atomic E-state index is 11.7. The Labute approximate surface area is 129 Å². The number of hydrogen-bond donors (Lipinski definition) is 3. The highest BCUT2D eigenvalue weighted by Crippen LogP contribution is 2.09. The number of carbonyl (C=O) groups excluding carboxylic acids is 1. The molecular weight excluding hydrogens is 266 g/mol. The van der Waals surface area contributed by atoms with E-state index in [0.29, 0.717) is 18.5 Å². The second-order valence-corrected chi connectivity index (χ2v) is 6.99. The Morgan fingerprint density at radius 2 is 2.19 bits per heavy atom. The van der Waals surface area contributed by atoms with Crippen molar-refractivity contribution in [3.05, 3.63) is 0 Å². The van der Waals surface area contributed by atoms with Gasteiger partial charge in [-0.1, -0.05) is 13.3 Å². The molecule has 0 aromatic carbocycles. The fraction of sp³-hybridized carbons (Fsp3) is 0.938. The third-order valence-corrected chi connectivity index (χ3v) is 3.62. The van der Waals surface area contributed by atoms with Crippen LogP contribution in [0.1, 0.15) is 53.4 Å². The summed E-state index contributed by atoms with van der Waals surface area (Å²) in [6.07, 6.45) is 4.40. The molecule has 0 aromatic heterocycles. The molecule has 0 saturated carbocycles. The number of piperidine rings is 1. The van der Waals surface area contributed by atoms with Crippen LogP contribution in [-0.2, 0) is 4.74 Å². The van der Waals surface area contributed by atoms with Crippen molar-refractivity contribution in [3.8, 4) is 0 Å². The van der Waals surface area contributed by atoms with Crippen molar-refractivity contribution in [3.63, 3.8) is 0 Å². The van der Waals surface area contributed by atoms with Gasteiger partial charge in [-0.3, -0.25) is 0 Å². The molecule has 1 heterocycles. The van der Waals surface area contributed by atoms with E-state index in [1.807, 2.05) is 20.8 Å². The van der Waals surface area contributed by atoms with Gasteiger partial charge in [-0.05, 0) is 65.6 Å². The standard InChI is InChI=1S/C16H33N3O2/c1-5-7-14(12-19-15(20)21-16(2,3)4)18-11-13-8-6-9-17-10-13/h13-14,17-18H,5-12H2,1-4H3,(H,19,20). The second kappa shape index (κ2) is 9.26. The fourth-order valence-electron chi connectivity index (χ4n) is 2.58. The van der Waals surface area contributed by atoms with Gasteiger partial charge in [0.05, 0.1) is 0 Å². The van der Waals surface area contributed by atoms with Crippen LogP contribution in [0.25, 0.3) is 0 Å². The third kappa shape index (κ3) is 8.94. The molecule has 0 aromatic rings. The van der Waals surface area contributed by atoms with E-state index in [4.69, 9.17) is 4.74 Å². The average Bonchev–Trinajstić information content (AvgIpc) is 2.41. The van der Waals surface area contributed by atoms with Gasteiger partial charge in [0.1, 0.15) is 5.60 Å². The molecule has 2 atom stereocenters. The molecule has 0 aliphatic carbocycles. The third-order valence-electron chi connectivity index (χ3n) is 3.62. The molecule has 0 spiro atoms. The summed E-state index contributed by atoms with van der Waals surface area (Å²) in [6.45, 7) is 11.7. The van der Waals surface area contributed by atoms with Gasteiger partial charge in [0.2, 0.25) is 0 Å². The molecule has 1 fully saturated rings. The summed E-state index contributed by atoms with van der Waals surface area (Å²) < 4.78 is 5.27. The zero-order chi connectivity index (χ0) is 15.7. The van der Waals surface area contributed by atoms with Gasteiger partial charge in [0.15, 0.2) is 0 Å². The molecule has 5 heteroatoms. The van der Waals surface area contributed by atoms with E-state index in [2.05, 4.69) is 22.9 Å². The van der Waals surface area contributed by atoms with Crippen LogP contribution in [0, 0.1) is 5.92 Å². The summed E-state index contributed by atoms with van der Waals surface area (Å²) in [6, 6.07) is 0.324. The lowest BCUT2D eigenvalue weighted by Crippen LogP contribution is -2.45. The van der Waals surface area contributed by atoms with E-state index in [9.17, 15) is 4.79 Å². The Morgan fingerprint density at radius 1 is 1.43 bits per heavy atom. The summed E-state index contributed by atoms with van der Waals surface area (Å²) in [4.78, 5) is 11.7. The largest absolute Gasteiger partial charge is 0.444 e. The van der Waals surface area contributed by atoms with Crippen LogP contribution in [0.2, 0.25) is 0 Å². The zero-order valence-corrected chi connectivity index (χ0v) is 14.1. The Bertz CT molecular complexity index is 296. The first-order valence-electron chi connectivity index (χ1n) is 8.31. The minimum Gasteiger partial charge on any atom is -0.444 e. The van der Waals surface area contributed by atoms with E-state index >= 15 is 0 Å². The molecule has 5 nitrogen and oxygen atoms in total. The monoisotopic (exact) mass is 299 g/mol. The lowest BCUT2D eigenvalue weighted by molar-refractivity contribution is 0.0521. The topological polar surface area (TPSA) is 62.4 Å². The van der Waals surface area contributed by atoms with Crippen LogP contribution in [0.5, 0.6) is 0 Å². The van der Waals surface area contributed by atoms with Crippen LogP contribution in [0.4, 0.5) is 4.79 Å². The smallest absolute Gasteiger partial charge is 0.407 e. The molecule has 0 radical (unpaired) electrons. The lowest BCUT2D eigenvalue weighted by Gasteiger charge is -2.27. The van der Waals surface area contributed by atoms with E-state index in [-0.39, 0.29) is 6.09 Å². The maximum absolute atomic E-state index is 11.7. The molecule has 1 rings (SSSR count). The molecular formula is C16H33N3O2. The molecule has 3 N–H and O–H groups in total. The molecule has 1 amide bonds. The maximum Gasteiger partial charge on any atom is 0.407 e.